The van der Waals surface area contributed by atoms with Crippen LogP contribution in [-0.4, -0.2) is 20.0 Å². The molecule has 0 unspecified atom stereocenters. The summed E-state index contributed by atoms with van der Waals surface area (Å²) in [6.07, 6.45) is 0. The molecule has 0 saturated carbocycles. The molecule has 4 heteroatoms. The molecule has 0 aliphatic rings. The molecule has 12 heavy (non-hydrogen) atoms. The summed E-state index contributed by atoms with van der Waals surface area (Å²) in [4.78, 5) is 0. The first-order chi connectivity index (χ1) is 5.68. The number of benzene rings is 1. The van der Waals surface area contributed by atoms with Gasteiger partial charge in [-0.2, -0.15) is 5.10 Å². The van der Waals surface area contributed by atoms with E-state index in [2.05, 4.69) is 5.10 Å². The zero-order valence-corrected chi connectivity index (χ0v) is 9.20. The van der Waals surface area contributed by atoms with Crippen molar-refractivity contribution >= 4 is 32.1 Å². The van der Waals surface area contributed by atoms with Gasteiger partial charge in [0, 0.05) is 23.4 Å². The number of hydrogen-bond donors (Lipinski definition) is 1. The number of hydrogen-bond acceptors (Lipinski definition) is 2. The van der Waals surface area contributed by atoms with Gasteiger partial charge in [-0.1, -0.05) is 0 Å². The van der Waals surface area contributed by atoms with Crippen molar-refractivity contribution in [3.8, 4) is 0 Å². The Balaban J connectivity index is 2.90. The van der Waals surface area contributed by atoms with E-state index in [-0.39, 0.29) is 0 Å². The minimum atomic E-state index is 0.813. The van der Waals surface area contributed by atoms with Crippen LogP contribution >= 0.6 is 0 Å². The van der Waals surface area contributed by atoms with Gasteiger partial charge in [-0.15, -0.1) is 0 Å². The molecule has 2 N–H and O–H groups in total. The molecule has 0 spiro atoms. The fourth-order valence-electron chi connectivity index (χ4n) is 1.46. The van der Waals surface area contributed by atoms with Gasteiger partial charge in [-0.05, 0) is 18.2 Å². The quantitative estimate of drug-likeness (QED) is 0.421. The van der Waals surface area contributed by atoms with Crippen molar-refractivity contribution in [1.29, 1.82) is 0 Å². The summed E-state index contributed by atoms with van der Waals surface area (Å²) in [5, 5.41) is 6.72. The maximum absolute atomic E-state index is 5.68. The van der Waals surface area contributed by atoms with E-state index in [1.54, 1.807) is 0 Å². The highest BCUT2D eigenvalue weighted by Crippen LogP contribution is 2.13. The van der Waals surface area contributed by atoms with Gasteiger partial charge in [0.15, 0.2) is 0 Å². The average molecular weight is 177 g/mol. The molecule has 0 amide bonds. The highest BCUT2D eigenvalue weighted by Gasteiger charge is 2.02. The normalized spacial score (nSPS) is 11.1. The number of rotatable bonds is 0. The Kier molecular flexibility index (Phi) is 1.44. The van der Waals surface area contributed by atoms with Crippen LogP contribution in [-0.2, 0) is 7.05 Å². The van der Waals surface area contributed by atoms with Crippen LogP contribution in [0.3, 0.4) is 0 Å². The lowest BCUT2D eigenvalue weighted by molar-refractivity contribution is 0.807. The average Bonchev–Trinajstić information content (AvgIpc) is 2.28. The van der Waals surface area contributed by atoms with E-state index < -0.39 is 0 Å². The molecule has 0 aliphatic carbocycles. The maximum atomic E-state index is 5.68. The van der Waals surface area contributed by atoms with Crippen LogP contribution in [0.5, 0.6) is 0 Å². The van der Waals surface area contributed by atoms with Crippen LogP contribution in [0.1, 0.15) is 0 Å². The summed E-state index contributed by atoms with van der Waals surface area (Å²) < 4.78 is 1.90. The second-order valence-electron chi connectivity index (χ2n) is 2.99. The summed E-state index contributed by atoms with van der Waals surface area (Å²) in [5.41, 5.74) is 7.65. The number of aromatic nitrogens is 2. The van der Waals surface area contributed by atoms with Crippen molar-refractivity contribution in [2.24, 2.45) is 7.05 Å². The predicted octanol–water partition coefficient (Wildman–Crippen LogP) is -0.854. The van der Waals surface area contributed by atoms with Gasteiger partial charge in [0.2, 0.25) is 0 Å². The molecule has 1 heterocycles. The van der Waals surface area contributed by atoms with Crippen LogP contribution in [0.4, 0.5) is 5.69 Å². The summed E-state index contributed by atoms with van der Waals surface area (Å²) in [6, 6.07) is 5.91. The summed E-state index contributed by atoms with van der Waals surface area (Å²) in [7, 11) is 2.93. The minimum absolute atomic E-state index is 0.813. The van der Waals surface area contributed by atoms with E-state index in [1.165, 1.54) is 10.7 Å². The zero-order valence-electron chi connectivity index (χ0n) is 7.20. The summed E-state index contributed by atoms with van der Waals surface area (Å²) >= 11 is 0. The Hall–Kier alpha value is -1.29. The number of fused-ring (bicyclic) bond motifs is 1. The van der Waals surface area contributed by atoms with Gasteiger partial charge in [0.25, 0.3) is 0 Å². The fraction of sp³-hybridized carbons (Fsp3) is 0.125. The van der Waals surface area contributed by atoms with E-state index >= 15 is 0 Å². The van der Waals surface area contributed by atoms with Crippen molar-refractivity contribution in [2.75, 3.05) is 5.73 Å². The van der Waals surface area contributed by atoms with Crippen LogP contribution in [0.2, 0.25) is 0 Å². The third-order valence-electron chi connectivity index (χ3n) is 2.06. The molecular weight excluding hydrogens is 166 g/mol. The van der Waals surface area contributed by atoms with E-state index in [1.807, 2.05) is 29.9 Å². The standard InChI is InChI=1S/C8H11N3Si/c1-11-7-3-2-5(9)4-6(7)8(12)10-11/h2-4H,9H2,1,12H3. The van der Waals surface area contributed by atoms with E-state index in [0.29, 0.717) is 0 Å². The number of nitrogen functional groups attached to an aromatic ring is 1. The fourth-order valence-corrected chi connectivity index (χ4v) is 2.16. The third kappa shape index (κ3) is 0.920. The van der Waals surface area contributed by atoms with Gasteiger partial charge in [0.05, 0.1) is 15.8 Å². The lowest BCUT2D eigenvalue weighted by Crippen LogP contribution is -2.05. The molecule has 0 radical (unpaired) electrons. The van der Waals surface area contributed by atoms with Crippen molar-refractivity contribution in [3.05, 3.63) is 18.2 Å². The number of nitrogens with zero attached hydrogens (tertiary/aromatic N) is 2. The SMILES string of the molecule is Cn1nc([SiH3])c2cc(N)ccc21. The summed E-state index contributed by atoms with van der Waals surface area (Å²) in [5.74, 6) is 0. The molecule has 3 nitrogen and oxygen atoms in total. The summed E-state index contributed by atoms with van der Waals surface area (Å²) in [6.45, 7) is 0. The van der Waals surface area contributed by atoms with Crippen LogP contribution in [0, 0.1) is 0 Å². The van der Waals surface area contributed by atoms with E-state index in [9.17, 15) is 0 Å². The molecule has 2 aromatic rings. The van der Waals surface area contributed by atoms with Crippen molar-refractivity contribution in [1.82, 2.24) is 9.78 Å². The van der Waals surface area contributed by atoms with Gasteiger partial charge >= 0.3 is 0 Å². The van der Waals surface area contributed by atoms with Crippen LogP contribution < -0.4 is 11.1 Å². The van der Waals surface area contributed by atoms with Crippen LogP contribution in [0.15, 0.2) is 18.2 Å². The monoisotopic (exact) mass is 177 g/mol. The second-order valence-corrected chi connectivity index (χ2v) is 3.93. The molecule has 2 rings (SSSR count). The first-order valence-corrected chi connectivity index (χ1v) is 4.87. The van der Waals surface area contributed by atoms with Gasteiger partial charge in [-0.3, -0.25) is 4.68 Å². The minimum Gasteiger partial charge on any atom is -0.399 e. The van der Waals surface area contributed by atoms with Gasteiger partial charge < -0.3 is 5.73 Å². The van der Waals surface area contributed by atoms with Crippen molar-refractivity contribution in [3.63, 3.8) is 0 Å². The highest BCUT2D eigenvalue weighted by atomic mass is 28.1. The molecule has 1 aromatic heterocycles. The largest absolute Gasteiger partial charge is 0.399 e. The topological polar surface area (TPSA) is 43.8 Å². The van der Waals surface area contributed by atoms with Gasteiger partial charge in [-0.25, -0.2) is 0 Å². The molecule has 1 aromatic carbocycles. The Labute approximate surface area is 73.6 Å². The first-order valence-electron chi connectivity index (χ1n) is 3.87. The first kappa shape index (κ1) is 7.36. The Bertz CT molecular complexity index is 433. The molecule has 0 atom stereocenters. The molecule has 0 aliphatic heterocycles. The second kappa shape index (κ2) is 2.35. The Morgan fingerprint density at radius 2 is 2.25 bits per heavy atom. The molecule has 0 fully saturated rings. The van der Waals surface area contributed by atoms with Gasteiger partial charge in [0.1, 0.15) is 0 Å². The van der Waals surface area contributed by atoms with Crippen molar-refractivity contribution < 1.29 is 0 Å². The Morgan fingerprint density at radius 1 is 1.50 bits per heavy atom. The zero-order chi connectivity index (χ0) is 8.72. The maximum Gasteiger partial charge on any atom is 0.0678 e. The van der Waals surface area contributed by atoms with Crippen LogP contribution in [0.25, 0.3) is 10.9 Å². The highest BCUT2D eigenvalue weighted by molar-refractivity contribution is 6.37. The van der Waals surface area contributed by atoms with E-state index in [0.717, 1.165) is 21.4 Å². The lowest BCUT2D eigenvalue weighted by atomic mass is 10.2. The van der Waals surface area contributed by atoms with E-state index in [4.69, 9.17) is 5.73 Å². The predicted molar refractivity (Wildman–Crippen MR) is 54.7 cm³/mol. The molecular formula is C8H11N3Si. The molecule has 0 saturated heterocycles. The number of nitrogens with two attached hydrogens (primary N) is 1. The lowest BCUT2D eigenvalue weighted by Gasteiger charge is -1.94. The molecule has 62 valence electrons. The number of aryl methyl sites for hydroxylation is 1. The van der Waals surface area contributed by atoms with Crippen molar-refractivity contribution in [2.45, 2.75) is 0 Å². The Morgan fingerprint density at radius 3 is 3.00 bits per heavy atom. The smallest absolute Gasteiger partial charge is 0.0678 e. The number of anilines is 1. The third-order valence-corrected chi connectivity index (χ3v) is 2.80. The molecule has 0 bridgehead atoms.